The summed E-state index contributed by atoms with van der Waals surface area (Å²) < 4.78 is 13.2. The van der Waals surface area contributed by atoms with Crippen molar-refractivity contribution in [1.82, 2.24) is 0 Å². The molecular formula is C12H16ClFN2O. The summed E-state index contributed by atoms with van der Waals surface area (Å²) in [6.07, 6.45) is 1.37. The van der Waals surface area contributed by atoms with E-state index in [9.17, 15) is 9.18 Å². The molecule has 3 N–H and O–H groups in total. The molecule has 94 valence electrons. The molecule has 0 saturated heterocycles. The Bertz CT molecular complexity index is 421. The van der Waals surface area contributed by atoms with E-state index in [1.54, 1.807) is 6.92 Å². The Morgan fingerprint density at radius 2 is 2.24 bits per heavy atom. The number of halogens is 2. The molecule has 17 heavy (non-hydrogen) atoms. The molecule has 0 aliphatic rings. The van der Waals surface area contributed by atoms with Crippen molar-refractivity contribution in [1.29, 1.82) is 0 Å². The largest absolute Gasteiger partial charge is 0.324 e. The van der Waals surface area contributed by atoms with Crippen LogP contribution < -0.4 is 11.1 Å². The van der Waals surface area contributed by atoms with Crippen LogP contribution in [0.2, 0.25) is 5.02 Å². The lowest BCUT2D eigenvalue weighted by atomic mass is 9.96. The molecule has 3 nitrogen and oxygen atoms in total. The summed E-state index contributed by atoms with van der Waals surface area (Å²) in [5.41, 5.74) is 5.25. The van der Waals surface area contributed by atoms with Crippen molar-refractivity contribution >= 4 is 23.2 Å². The van der Waals surface area contributed by atoms with E-state index in [2.05, 4.69) is 5.32 Å². The van der Waals surface area contributed by atoms with Crippen LogP contribution in [0, 0.1) is 5.82 Å². The minimum Gasteiger partial charge on any atom is -0.324 e. The molecule has 1 amide bonds. The second kappa shape index (κ2) is 5.47. The first-order valence-electron chi connectivity index (χ1n) is 5.42. The number of anilines is 1. The average molecular weight is 259 g/mol. The first-order valence-corrected chi connectivity index (χ1v) is 5.80. The monoisotopic (exact) mass is 258 g/mol. The minimum atomic E-state index is -0.954. The number of rotatable bonds is 4. The van der Waals surface area contributed by atoms with Crippen molar-refractivity contribution in [3.63, 3.8) is 0 Å². The summed E-state index contributed by atoms with van der Waals surface area (Å²) in [5, 5.41) is 2.59. The minimum absolute atomic E-state index is 0.0204. The van der Waals surface area contributed by atoms with Crippen molar-refractivity contribution in [3.8, 4) is 0 Å². The molecule has 1 rings (SSSR count). The highest BCUT2D eigenvalue weighted by atomic mass is 35.5. The molecule has 0 bridgehead atoms. The van der Waals surface area contributed by atoms with Crippen molar-refractivity contribution in [3.05, 3.63) is 29.0 Å². The lowest BCUT2D eigenvalue weighted by Gasteiger charge is -2.22. The second-order valence-corrected chi connectivity index (χ2v) is 4.66. The number of benzene rings is 1. The Morgan fingerprint density at radius 3 is 2.76 bits per heavy atom. The van der Waals surface area contributed by atoms with Crippen LogP contribution in [-0.4, -0.2) is 11.4 Å². The summed E-state index contributed by atoms with van der Waals surface area (Å²) >= 11 is 5.54. The molecule has 0 heterocycles. The molecule has 0 aliphatic heterocycles. The van der Waals surface area contributed by atoms with Gasteiger partial charge in [0.15, 0.2) is 0 Å². The number of hydrogen-bond acceptors (Lipinski definition) is 2. The van der Waals surface area contributed by atoms with Gasteiger partial charge in [0.05, 0.1) is 10.6 Å². The third kappa shape index (κ3) is 3.68. The summed E-state index contributed by atoms with van der Waals surface area (Å²) in [7, 11) is 0. The maximum absolute atomic E-state index is 13.2. The zero-order valence-corrected chi connectivity index (χ0v) is 10.6. The smallest absolute Gasteiger partial charge is 0.244 e. The fourth-order valence-electron chi connectivity index (χ4n) is 1.48. The summed E-state index contributed by atoms with van der Waals surface area (Å²) in [4.78, 5) is 11.8. The zero-order chi connectivity index (χ0) is 13.1. The van der Waals surface area contributed by atoms with Crippen molar-refractivity contribution in [2.24, 2.45) is 5.73 Å². The molecule has 1 atom stereocenters. The van der Waals surface area contributed by atoms with Crippen LogP contribution >= 0.6 is 11.6 Å². The fraction of sp³-hybridized carbons (Fsp3) is 0.417. The predicted molar refractivity (Wildman–Crippen MR) is 67.5 cm³/mol. The topological polar surface area (TPSA) is 55.1 Å². The fourth-order valence-corrected chi connectivity index (χ4v) is 1.60. The standard InChI is InChI=1S/C12H16ClFN2O/c1-3-6-12(2,15)11(17)16-8-4-5-9(13)10(14)7-8/h4-5,7H,3,6,15H2,1-2H3,(H,16,17). The van der Waals surface area contributed by atoms with Crippen molar-refractivity contribution in [2.75, 3.05) is 5.32 Å². The quantitative estimate of drug-likeness (QED) is 0.872. The Kier molecular flexibility index (Phi) is 4.48. The van der Waals surface area contributed by atoms with Gasteiger partial charge in [-0.05, 0) is 31.5 Å². The summed E-state index contributed by atoms with van der Waals surface area (Å²) in [6.45, 7) is 3.60. The predicted octanol–water partition coefficient (Wildman–Crippen LogP) is 2.94. The first kappa shape index (κ1) is 13.9. The van der Waals surface area contributed by atoms with Crippen LogP contribution in [0.3, 0.4) is 0 Å². The van der Waals surface area contributed by atoms with E-state index in [-0.39, 0.29) is 10.9 Å². The Labute approximate surface area is 105 Å². The van der Waals surface area contributed by atoms with Crippen LogP contribution in [0.25, 0.3) is 0 Å². The van der Waals surface area contributed by atoms with Gasteiger partial charge >= 0.3 is 0 Å². The molecular weight excluding hydrogens is 243 g/mol. The lowest BCUT2D eigenvalue weighted by Crippen LogP contribution is -2.48. The normalized spacial score (nSPS) is 14.2. The number of carbonyl (C=O) groups excluding carboxylic acids is 1. The molecule has 0 aromatic heterocycles. The lowest BCUT2D eigenvalue weighted by molar-refractivity contribution is -0.120. The van der Waals surface area contributed by atoms with Crippen LogP contribution in [0.4, 0.5) is 10.1 Å². The van der Waals surface area contributed by atoms with Gasteiger partial charge in [0.1, 0.15) is 5.82 Å². The molecule has 0 fully saturated rings. The molecule has 0 spiro atoms. The maximum atomic E-state index is 13.2. The SMILES string of the molecule is CCCC(C)(N)C(=O)Nc1ccc(Cl)c(F)c1. The van der Waals surface area contributed by atoms with Crippen LogP contribution in [0.5, 0.6) is 0 Å². The van der Waals surface area contributed by atoms with Crippen molar-refractivity contribution in [2.45, 2.75) is 32.2 Å². The summed E-state index contributed by atoms with van der Waals surface area (Å²) in [5.74, 6) is -0.903. The third-order valence-corrected chi connectivity index (χ3v) is 2.77. The van der Waals surface area contributed by atoms with E-state index in [1.807, 2.05) is 6.92 Å². The second-order valence-electron chi connectivity index (χ2n) is 4.25. The van der Waals surface area contributed by atoms with Gasteiger partial charge in [0, 0.05) is 5.69 Å². The van der Waals surface area contributed by atoms with Crippen LogP contribution in [0.1, 0.15) is 26.7 Å². The van der Waals surface area contributed by atoms with E-state index in [0.717, 1.165) is 6.42 Å². The highest BCUT2D eigenvalue weighted by Gasteiger charge is 2.27. The Morgan fingerprint density at radius 1 is 1.59 bits per heavy atom. The van der Waals surface area contributed by atoms with Gasteiger partial charge in [-0.15, -0.1) is 0 Å². The number of nitrogens with two attached hydrogens (primary N) is 1. The molecule has 0 aliphatic carbocycles. The van der Waals surface area contributed by atoms with Gasteiger partial charge in [-0.2, -0.15) is 0 Å². The van der Waals surface area contributed by atoms with Crippen LogP contribution in [0.15, 0.2) is 18.2 Å². The number of amides is 1. The number of carbonyl (C=O) groups is 1. The number of nitrogens with one attached hydrogen (secondary N) is 1. The van der Waals surface area contributed by atoms with E-state index in [1.165, 1.54) is 18.2 Å². The van der Waals surface area contributed by atoms with Crippen LogP contribution in [-0.2, 0) is 4.79 Å². The van der Waals surface area contributed by atoms with Crippen molar-refractivity contribution < 1.29 is 9.18 Å². The highest BCUT2D eigenvalue weighted by Crippen LogP contribution is 2.20. The zero-order valence-electron chi connectivity index (χ0n) is 9.89. The number of hydrogen-bond donors (Lipinski definition) is 2. The summed E-state index contributed by atoms with van der Waals surface area (Å²) in [6, 6.07) is 4.09. The maximum Gasteiger partial charge on any atom is 0.244 e. The van der Waals surface area contributed by atoms with Gasteiger partial charge in [-0.3, -0.25) is 4.79 Å². The van der Waals surface area contributed by atoms with E-state index in [4.69, 9.17) is 17.3 Å². The van der Waals surface area contributed by atoms with Gasteiger partial charge < -0.3 is 11.1 Å². The van der Waals surface area contributed by atoms with E-state index in [0.29, 0.717) is 12.1 Å². The Balaban J connectivity index is 2.77. The van der Waals surface area contributed by atoms with E-state index < -0.39 is 11.4 Å². The molecule has 1 aromatic rings. The molecule has 0 radical (unpaired) electrons. The third-order valence-electron chi connectivity index (χ3n) is 2.47. The molecule has 5 heteroatoms. The van der Waals surface area contributed by atoms with E-state index >= 15 is 0 Å². The molecule has 0 saturated carbocycles. The highest BCUT2D eigenvalue weighted by molar-refractivity contribution is 6.30. The molecule has 1 unspecified atom stereocenters. The van der Waals surface area contributed by atoms with Gasteiger partial charge in [-0.1, -0.05) is 24.9 Å². The Hall–Kier alpha value is -1.13. The van der Waals surface area contributed by atoms with Gasteiger partial charge in [0.25, 0.3) is 0 Å². The average Bonchev–Trinajstić information content (AvgIpc) is 2.23. The van der Waals surface area contributed by atoms with Gasteiger partial charge in [-0.25, -0.2) is 4.39 Å². The first-order chi connectivity index (χ1) is 7.86. The van der Waals surface area contributed by atoms with Gasteiger partial charge in [0.2, 0.25) is 5.91 Å². The molecule has 1 aromatic carbocycles.